The van der Waals surface area contributed by atoms with Gasteiger partial charge in [0.25, 0.3) is 0 Å². The first-order valence-corrected chi connectivity index (χ1v) is 6.87. The smallest absolute Gasteiger partial charge is 0.244 e. The summed E-state index contributed by atoms with van der Waals surface area (Å²) in [6.07, 6.45) is 0. The average Bonchev–Trinajstić information content (AvgIpc) is 2.44. The molecule has 0 spiro atoms. The van der Waals surface area contributed by atoms with E-state index >= 15 is 0 Å². The van der Waals surface area contributed by atoms with E-state index < -0.39 is 5.54 Å². The number of nitrogens with zero attached hydrogens (tertiary/aromatic N) is 1. The molecule has 0 heterocycles. The molecular formula is C15H25N3O. The van der Waals surface area contributed by atoms with Gasteiger partial charge in [-0.05, 0) is 25.6 Å². The Labute approximate surface area is 116 Å². The fraction of sp³-hybridized carbons (Fsp3) is 0.533. The number of benzene rings is 1. The molecule has 1 atom stereocenters. The van der Waals surface area contributed by atoms with Crippen molar-refractivity contribution in [1.82, 2.24) is 10.2 Å². The Balaban J connectivity index is 2.53. The maximum absolute atomic E-state index is 12.2. The first-order valence-electron chi connectivity index (χ1n) is 6.87. The fourth-order valence-electron chi connectivity index (χ4n) is 1.97. The molecule has 4 nitrogen and oxygen atoms in total. The Morgan fingerprint density at radius 1 is 1.26 bits per heavy atom. The van der Waals surface area contributed by atoms with Crippen LogP contribution in [0.5, 0.6) is 0 Å². The van der Waals surface area contributed by atoms with Crippen molar-refractivity contribution in [3.63, 3.8) is 0 Å². The van der Waals surface area contributed by atoms with Crippen LogP contribution < -0.4 is 11.1 Å². The van der Waals surface area contributed by atoms with Crippen LogP contribution in [0.25, 0.3) is 0 Å². The Morgan fingerprint density at radius 2 is 1.84 bits per heavy atom. The zero-order valence-electron chi connectivity index (χ0n) is 12.1. The summed E-state index contributed by atoms with van der Waals surface area (Å²) >= 11 is 0. The largest absolute Gasteiger partial charge is 0.353 e. The molecule has 1 amide bonds. The van der Waals surface area contributed by atoms with Gasteiger partial charge in [-0.25, -0.2) is 0 Å². The fourth-order valence-corrected chi connectivity index (χ4v) is 1.97. The van der Waals surface area contributed by atoms with Crippen LogP contribution in [0.1, 0.15) is 26.3 Å². The van der Waals surface area contributed by atoms with E-state index in [2.05, 4.69) is 24.1 Å². The van der Waals surface area contributed by atoms with Gasteiger partial charge < -0.3 is 16.0 Å². The van der Waals surface area contributed by atoms with Crippen LogP contribution in [0.4, 0.5) is 0 Å². The third kappa shape index (κ3) is 4.33. The summed E-state index contributed by atoms with van der Waals surface area (Å²) < 4.78 is 0. The molecule has 106 valence electrons. The maximum atomic E-state index is 12.2. The third-order valence-corrected chi connectivity index (χ3v) is 3.45. The minimum atomic E-state index is -0.982. The number of nitrogens with one attached hydrogen (secondary N) is 1. The van der Waals surface area contributed by atoms with Crippen LogP contribution in [0.15, 0.2) is 30.3 Å². The highest BCUT2D eigenvalue weighted by atomic mass is 16.2. The average molecular weight is 263 g/mol. The minimum Gasteiger partial charge on any atom is -0.353 e. The molecule has 1 aromatic carbocycles. The van der Waals surface area contributed by atoms with Crippen LogP contribution in [0.2, 0.25) is 0 Å². The first-order chi connectivity index (χ1) is 9.02. The van der Waals surface area contributed by atoms with Crippen molar-refractivity contribution in [3.8, 4) is 0 Å². The van der Waals surface area contributed by atoms with Gasteiger partial charge in [-0.2, -0.15) is 0 Å². The van der Waals surface area contributed by atoms with Crippen LogP contribution in [0.3, 0.4) is 0 Å². The topological polar surface area (TPSA) is 58.4 Å². The van der Waals surface area contributed by atoms with Gasteiger partial charge in [0.05, 0.1) is 0 Å². The summed E-state index contributed by atoms with van der Waals surface area (Å²) in [5.41, 5.74) is 5.99. The number of rotatable bonds is 7. The van der Waals surface area contributed by atoms with Crippen molar-refractivity contribution < 1.29 is 4.79 Å². The lowest BCUT2D eigenvalue weighted by Crippen LogP contribution is -2.50. The Morgan fingerprint density at radius 3 is 2.37 bits per heavy atom. The van der Waals surface area contributed by atoms with Gasteiger partial charge in [0.2, 0.25) is 5.91 Å². The Bertz CT molecular complexity index is 386. The molecule has 19 heavy (non-hydrogen) atoms. The van der Waals surface area contributed by atoms with Gasteiger partial charge in [0, 0.05) is 13.1 Å². The molecule has 0 aliphatic heterocycles. The van der Waals surface area contributed by atoms with E-state index in [0.29, 0.717) is 6.54 Å². The molecule has 0 bridgehead atoms. The number of amides is 1. The molecule has 0 aromatic heterocycles. The molecule has 1 unspecified atom stereocenters. The third-order valence-electron chi connectivity index (χ3n) is 3.45. The summed E-state index contributed by atoms with van der Waals surface area (Å²) in [6.45, 7) is 9.43. The van der Waals surface area contributed by atoms with Crippen molar-refractivity contribution in [3.05, 3.63) is 35.9 Å². The Hall–Kier alpha value is -1.39. The second-order valence-corrected chi connectivity index (χ2v) is 4.85. The molecule has 1 aromatic rings. The zero-order valence-corrected chi connectivity index (χ0v) is 12.1. The van der Waals surface area contributed by atoms with Gasteiger partial charge in [0.15, 0.2) is 0 Å². The molecule has 3 N–H and O–H groups in total. The highest BCUT2D eigenvalue weighted by Crippen LogP contribution is 2.17. The minimum absolute atomic E-state index is 0.133. The molecule has 0 radical (unpaired) electrons. The first kappa shape index (κ1) is 15.7. The van der Waals surface area contributed by atoms with Crippen LogP contribution in [-0.4, -0.2) is 37.0 Å². The molecule has 0 fully saturated rings. The summed E-state index contributed by atoms with van der Waals surface area (Å²) in [4.78, 5) is 14.4. The van der Waals surface area contributed by atoms with Crippen LogP contribution in [0, 0.1) is 0 Å². The normalized spacial score (nSPS) is 14.2. The van der Waals surface area contributed by atoms with E-state index in [9.17, 15) is 4.79 Å². The van der Waals surface area contributed by atoms with E-state index in [1.165, 1.54) is 0 Å². The second kappa shape index (κ2) is 7.26. The highest BCUT2D eigenvalue weighted by molar-refractivity contribution is 5.86. The molecule has 0 saturated heterocycles. The zero-order chi connectivity index (χ0) is 14.3. The summed E-state index contributed by atoms with van der Waals surface area (Å²) in [7, 11) is 0. The van der Waals surface area contributed by atoms with Gasteiger partial charge in [-0.15, -0.1) is 0 Å². The van der Waals surface area contributed by atoms with Gasteiger partial charge in [-0.3, -0.25) is 4.79 Å². The van der Waals surface area contributed by atoms with Crippen LogP contribution in [-0.2, 0) is 10.3 Å². The lowest BCUT2D eigenvalue weighted by atomic mass is 9.92. The van der Waals surface area contributed by atoms with Crippen molar-refractivity contribution in [2.45, 2.75) is 26.3 Å². The van der Waals surface area contributed by atoms with Crippen molar-refractivity contribution in [2.24, 2.45) is 5.73 Å². The van der Waals surface area contributed by atoms with Gasteiger partial charge in [0.1, 0.15) is 5.54 Å². The number of likely N-dealkylation sites (N-methyl/N-ethyl adjacent to an activating group) is 1. The molecule has 0 aliphatic carbocycles. The lowest BCUT2D eigenvalue weighted by molar-refractivity contribution is -0.126. The Kier molecular flexibility index (Phi) is 5.99. The predicted octanol–water partition coefficient (Wildman–Crippen LogP) is 1.32. The summed E-state index contributed by atoms with van der Waals surface area (Å²) in [6, 6.07) is 9.46. The predicted molar refractivity (Wildman–Crippen MR) is 78.8 cm³/mol. The van der Waals surface area contributed by atoms with E-state index in [-0.39, 0.29) is 5.91 Å². The van der Waals surface area contributed by atoms with Crippen molar-refractivity contribution in [1.29, 1.82) is 0 Å². The molecule has 0 aliphatic rings. The number of carbonyl (C=O) groups is 1. The lowest BCUT2D eigenvalue weighted by Gasteiger charge is -2.25. The van der Waals surface area contributed by atoms with Crippen molar-refractivity contribution >= 4 is 5.91 Å². The molecule has 0 saturated carbocycles. The van der Waals surface area contributed by atoms with E-state index in [4.69, 9.17) is 5.73 Å². The number of carbonyl (C=O) groups excluding carboxylic acids is 1. The van der Waals surface area contributed by atoms with Crippen molar-refractivity contribution in [2.75, 3.05) is 26.2 Å². The van der Waals surface area contributed by atoms with Gasteiger partial charge >= 0.3 is 0 Å². The summed E-state index contributed by atoms with van der Waals surface area (Å²) in [5, 5.41) is 2.91. The number of hydrogen-bond donors (Lipinski definition) is 2. The SMILES string of the molecule is CCN(CC)CCNC(=O)C(C)(N)c1ccccc1. The molecule has 1 rings (SSSR count). The van der Waals surface area contributed by atoms with E-state index in [0.717, 1.165) is 25.2 Å². The highest BCUT2D eigenvalue weighted by Gasteiger charge is 2.29. The molecule has 4 heteroatoms. The van der Waals surface area contributed by atoms with Gasteiger partial charge in [-0.1, -0.05) is 44.2 Å². The van der Waals surface area contributed by atoms with Crippen LogP contribution >= 0.6 is 0 Å². The quantitative estimate of drug-likeness (QED) is 0.780. The standard InChI is InChI=1S/C15H25N3O/c1-4-18(5-2)12-11-17-14(19)15(3,16)13-9-7-6-8-10-13/h6-10H,4-5,11-12,16H2,1-3H3,(H,17,19). The van der Waals surface area contributed by atoms with E-state index in [1.54, 1.807) is 6.92 Å². The maximum Gasteiger partial charge on any atom is 0.244 e. The number of hydrogen-bond acceptors (Lipinski definition) is 3. The number of nitrogens with two attached hydrogens (primary N) is 1. The second-order valence-electron chi connectivity index (χ2n) is 4.85. The van der Waals surface area contributed by atoms with E-state index in [1.807, 2.05) is 30.3 Å². The molecular weight excluding hydrogens is 238 g/mol. The monoisotopic (exact) mass is 263 g/mol. The summed E-state index contributed by atoms with van der Waals surface area (Å²) in [5.74, 6) is -0.133.